The first-order valence-electron chi connectivity index (χ1n) is 10.5. The molecule has 0 spiro atoms. The largest absolute Gasteiger partial charge is 0.326 e. The van der Waals surface area contributed by atoms with Crippen molar-refractivity contribution in [1.82, 2.24) is 0 Å². The van der Waals surface area contributed by atoms with E-state index in [1.54, 1.807) is 0 Å². The number of hydrogen-bond donors (Lipinski definition) is 3. The van der Waals surface area contributed by atoms with Gasteiger partial charge in [-0.15, -0.1) is 0 Å². The van der Waals surface area contributed by atoms with E-state index >= 15 is 0 Å². The summed E-state index contributed by atoms with van der Waals surface area (Å²) in [6.45, 7) is 8.84. The van der Waals surface area contributed by atoms with E-state index in [1.807, 2.05) is 74.5 Å². The predicted octanol–water partition coefficient (Wildman–Crippen LogP) is 5.64. The summed E-state index contributed by atoms with van der Waals surface area (Å²) < 4.78 is 0. The van der Waals surface area contributed by atoms with Gasteiger partial charge in [0, 0.05) is 6.54 Å². The highest BCUT2D eigenvalue weighted by molar-refractivity contribution is 5.63. The van der Waals surface area contributed by atoms with Gasteiger partial charge in [-0.05, 0) is 28.2 Å². The molecular formula is C26H37N3. The maximum Gasteiger partial charge on any atom is 0.0925 e. The summed E-state index contributed by atoms with van der Waals surface area (Å²) in [6, 6.07) is 28.5. The van der Waals surface area contributed by atoms with Crippen molar-refractivity contribution in [3.05, 3.63) is 96.1 Å². The van der Waals surface area contributed by atoms with E-state index in [4.69, 9.17) is 17.2 Å². The highest BCUT2D eigenvalue weighted by Gasteiger charge is 2.27. The van der Waals surface area contributed by atoms with Gasteiger partial charge in [-0.3, -0.25) is 0 Å². The molecule has 3 aromatic rings. The Kier molecular flexibility index (Phi) is 10.9. The molecule has 3 nitrogen and oxygen atoms in total. The van der Waals surface area contributed by atoms with Gasteiger partial charge >= 0.3 is 0 Å². The van der Waals surface area contributed by atoms with E-state index in [9.17, 15) is 0 Å². The lowest BCUT2D eigenvalue weighted by Crippen LogP contribution is -2.51. The van der Waals surface area contributed by atoms with E-state index in [0.717, 1.165) is 12.0 Å². The summed E-state index contributed by atoms with van der Waals surface area (Å²) in [5.41, 5.74) is 21.7. The normalized spacial score (nSPS) is 11.4. The Balaban J connectivity index is 0.000000351. The Labute approximate surface area is 176 Å². The maximum atomic E-state index is 6.26. The van der Waals surface area contributed by atoms with Crippen LogP contribution in [-0.4, -0.2) is 0 Å². The van der Waals surface area contributed by atoms with Crippen LogP contribution in [0.4, 0.5) is 0 Å². The lowest BCUT2D eigenvalue weighted by molar-refractivity contribution is 0.297. The van der Waals surface area contributed by atoms with Crippen LogP contribution in [0.5, 0.6) is 0 Å². The van der Waals surface area contributed by atoms with Gasteiger partial charge in [0.1, 0.15) is 0 Å². The standard InChI is InChI=1S/C17H22N2.C7H9N.C2H6/c1-3-13(2)17(18,19)16-11-9-15(10-12-16)14-7-5-4-6-8-14;8-6-7-4-2-1-3-5-7;1-2/h4-13H,3,18-19H2,1-2H3;1-5H,6,8H2;1-2H3. The Morgan fingerprint density at radius 3 is 1.59 bits per heavy atom. The molecule has 1 unspecified atom stereocenters. The van der Waals surface area contributed by atoms with Gasteiger partial charge < -0.3 is 17.2 Å². The molecule has 0 saturated heterocycles. The zero-order valence-corrected chi connectivity index (χ0v) is 18.3. The average molecular weight is 392 g/mol. The highest BCUT2D eigenvalue weighted by atomic mass is 15.0. The lowest BCUT2D eigenvalue weighted by atomic mass is 9.86. The number of hydrogen-bond acceptors (Lipinski definition) is 3. The van der Waals surface area contributed by atoms with Gasteiger partial charge in [-0.25, -0.2) is 0 Å². The van der Waals surface area contributed by atoms with Crippen LogP contribution < -0.4 is 17.2 Å². The molecule has 1 atom stereocenters. The summed E-state index contributed by atoms with van der Waals surface area (Å²) >= 11 is 0. The Morgan fingerprint density at radius 2 is 1.17 bits per heavy atom. The van der Waals surface area contributed by atoms with Crippen molar-refractivity contribution in [2.45, 2.75) is 46.3 Å². The van der Waals surface area contributed by atoms with Crippen molar-refractivity contribution in [2.75, 3.05) is 0 Å². The SMILES string of the molecule is CC.CCC(C)C(N)(N)c1ccc(-c2ccccc2)cc1.NCc1ccccc1. The molecule has 0 fully saturated rings. The molecule has 3 heteroatoms. The molecule has 0 saturated carbocycles. The molecule has 0 heterocycles. The molecule has 6 N–H and O–H groups in total. The second-order valence-corrected chi connectivity index (χ2v) is 6.88. The Morgan fingerprint density at radius 1 is 0.724 bits per heavy atom. The first-order valence-corrected chi connectivity index (χ1v) is 10.5. The number of rotatable bonds is 5. The van der Waals surface area contributed by atoms with Gasteiger partial charge in [0.15, 0.2) is 0 Å². The first kappa shape index (κ1) is 24.6. The smallest absolute Gasteiger partial charge is 0.0925 e. The molecule has 0 aromatic heterocycles. The van der Waals surface area contributed by atoms with Crippen LogP contribution in [0, 0.1) is 5.92 Å². The Bertz CT molecular complexity index is 781. The van der Waals surface area contributed by atoms with Crippen molar-refractivity contribution in [2.24, 2.45) is 23.1 Å². The summed E-state index contributed by atoms with van der Waals surface area (Å²) in [6.07, 6.45) is 0.966. The first-order chi connectivity index (χ1) is 14.0. The van der Waals surface area contributed by atoms with Gasteiger partial charge in [-0.1, -0.05) is 119 Å². The highest BCUT2D eigenvalue weighted by Crippen LogP contribution is 2.26. The van der Waals surface area contributed by atoms with E-state index in [2.05, 4.69) is 38.1 Å². The number of nitrogens with two attached hydrogens (primary N) is 3. The van der Waals surface area contributed by atoms with Crippen LogP contribution in [0.1, 0.15) is 45.2 Å². The van der Waals surface area contributed by atoms with Crippen molar-refractivity contribution in [3.8, 4) is 11.1 Å². The molecule has 0 amide bonds. The fourth-order valence-corrected chi connectivity index (χ4v) is 2.82. The van der Waals surface area contributed by atoms with Gasteiger partial charge in [0.25, 0.3) is 0 Å². The molecule has 0 radical (unpaired) electrons. The van der Waals surface area contributed by atoms with Crippen LogP contribution >= 0.6 is 0 Å². The van der Waals surface area contributed by atoms with Crippen molar-refractivity contribution >= 4 is 0 Å². The summed E-state index contributed by atoms with van der Waals surface area (Å²) in [7, 11) is 0. The van der Waals surface area contributed by atoms with E-state index in [1.165, 1.54) is 16.7 Å². The van der Waals surface area contributed by atoms with Crippen LogP contribution in [-0.2, 0) is 12.2 Å². The fraction of sp³-hybridized carbons (Fsp3) is 0.308. The summed E-state index contributed by atoms with van der Waals surface area (Å²) in [5, 5.41) is 0. The van der Waals surface area contributed by atoms with Crippen molar-refractivity contribution < 1.29 is 0 Å². The minimum absolute atomic E-state index is 0.245. The lowest BCUT2D eigenvalue weighted by Gasteiger charge is -2.31. The zero-order valence-electron chi connectivity index (χ0n) is 18.3. The monoisotopic (exact) mass is 391 g/mol. The third-order valence-corrected chi connectivity index (χ3v) is 5.00. The second kappa shape index (κ2) is 12.9. The molecule has 0 bridgehead atoms. The number of benzene rings is 3. The topological polar surface area (TPSA) is 78.1 Å². The van der Waals surface area contributed by atoms with Crippen LogP contribution in [0.3, 0.4) is 0 Å². The molecule has 0 aliphatic heterocycles. The molecule has 0 aliphatic rings. The van der Waals surface area contributed by atoms with Crippen molar-refractivity contribution in [1.29, 1.82) is 0 Å². The predicted molar refractivity (Wildman–Crippen MR) is 127 cm³/mol. The Hall–Kier alpha value is -2.46. The fourth-order valence-electron chi connectivity index (χ4n) is 2.82. The van der Waals surface area contributed by atoms with Gasteiger partial charge in [0.2, 0.25) is 0 Å². The summed E-state index contributed by atoms with van der Waals surface area (Å²) in [4.78, 5) is 0. The van der Waals surface area contributed by atoms with E-state index < -0.39 is 5.66 Å². The third-order valence-electron chi connectivity index (χ3n) is 5.00. The van der Waals surface area contributed by atoms with E-state index in [-0.39, 0.29) is 5.92 Å². The minimum atomic E-state index is -0.760. The van der Waals surface area contributed by atoms with Gasteiger partial charge in [0.05, 0.1) is 5.66 Å². The summed E-state index contributed by atoms with van der Waals surface area (Å²) in [5.74, 6) is 0.245. The van der Waals surface area contributed by atoms with Gasteiger partial charge in [-0.2, -0.15) is 0 Å². The zero-order chi connectivity index (χ0) is 21.7. The molecular weight excluding hydrogens is 354 g/mol. The third kappa shape index (κ3) is 7.47. The van der Waals surface area contributed by atoms with Crippen LogP contribution in [0.25, 0.3) is 11.1 Å². The molecule has 3 rings (SSSR count). The van der Waals surface area contributed by atoms with Crippen molar-refractivity contribution in [3.63, 3.8) is 0 Å². The minimum Gasteiger partial charge on any atom is -0.326 e. The quantitative estimate of drug-likeness (QED) is 0.492. The average Bonchev–Trinajstić information content (AvgIpc) is 2.81. The van der Waals surface area contributed by atoms with Crippen LogP contribution in [0.15, 0.2) is 84.9 Å². The molecule has 3 aromatic carbocycles. The van der Waals surface area contributed by atoms with E-state index in [0.29, 0.717) is 6.54 Å². The molecule has 0 aliphatic carbocycles. The molecule has 156 valence electrons. The second-order valence-electron chi connectivity index (χ2n) is 6.88. The maximum absolute atomic E-state index is 6.26. The van der Waals surface area contributed by atoms with Crippen LogP contribution in [0.2, 0.25) is 0 Å². The molecule has 29 heavy (non-hydrogen) atoms.